The summed E-state index contributed by atoms with van der Waals surface area (Å²) in [6.45, 7) is 3.14. The highest BCUT2D eigenvalue weighted by Gasteiger charge is 2.54. The predicted octanol–water partition coefficient (Wildman–Crippen LogP) is 16.1. The lowest BCUT2D eigenvalue weighted by molar-refractivity contribution is -0.144. The van der Waals surface area contributed by atoms with Crippen LogP contribution in [0.25, 0.3) is 55.8 Å². The molecule has 0 bridgehead atoms. The fraction of sp³-hybridized carbons (Fsp3) is 0.130. The molecule has 11 rings (SSSR count). The Labute approximate surface area is 393 Å². The van der Waals surface area contributed by atoms with Crippen LogP contribution in [-0.2, 0) is 35.0 Å². The number of carbonyl (C=O) groups excluding carboxylic acids is 1. The topological polar surface area (TPSA) is 44.3 Å². The molecule has 4 aromatic heterocycles. The van der Waals surface area contributed by atoms with Crippen LogP contribution in [0.5, 0.6) is 11.5 Å². The number of aryl methyl sites for hydroxylation is 2. The molecule has 0 aliphatic carbocycles. The van der Waals surface area contributed by atoms with Crippen LogP contribution in [-0.4, -0.2) is 14.8 Å². The van der Waals surface area contributed by atoms with E-state index < -0.39 is 58.5 Å². The molecule has 0 unspecified atom stereocenters. The summed E-state index contributed by atoms with van der Waals surface area (Å²) in [5.74, 6) is -0.640. The highest BCUT2D eigenvalue weighted by atomic mass is 19.4. The number of pyridine rings is 2. The summed E-state index contributed by atoms with van der Waals surface area (Å²) < 4.78 is 188. The van der Waals surface area contributed by atoms with Gasteiger partial charge < -0.3 is 18.3 Å². The summed E-state index contributed by atoms with van der Waals surface area (Å²) in [6, 6.07) is 28.5. The number of aromatic nitrogens is 2. The first-order chi connectivity index (χ1) is 33.4. The van der Waals surface area contributed by atoms with Crippen molar-refractivity contribution in [1.82, 2.24) is 8.80 Å². The first kappa shape index (κ1) is 45.5. The smallest absolute Gasteiger partial charge is 0.416 e. The van der Waals surface area contributed by atoms with Crippen LogP contribution in [0.15, 0.2) is 146 Å². The molecule has 2 aliphatic heterocycles. The highest BCUT2D eigenvalue weighted by molar-refractivity contribution is 5.98. The van der Waals surface area contributed by atoms with Crippen LogP contribution >= 0.6 is 0 Å². The van der Waals surface area contributed by atoms with Gasteiger partial charge in [-0.3, -0.25) is 0 Å². The van der Waals surface area contributed by atoms with Crippen LogP contribution in [0.2, 0.25) is 0 Å². The molecular formula is C54H30F12N2O3. The van der Waals surface area contributed by atoms with Crippen molar-refractivity contribution in [2.24, 2.45) is 0 Å². The zero-order valence-electron chi connectivity index (χ0n) is 36.5. The summed E-state index contributed by atoms with van der Waals surface area (Å²) in [5.41, 5.74) is -4.80. The van der Waals surface area contributed by atoms with E-state index in [1.807, 2.05) is 0 Å². The quantitative estimate of drug-likeness (QED) is 0.130. The molecule has 2 aliphatic rings. The number of ether oxygens (including phenoxy) is 2. The standard InChI is InChI=1S/C54H30F12N2O3/c1-27-41-11-5-7-17-67(41)47(45(27)31-19-33(51(55,56)57)25-34(20-31)52(58,59)60)29-13-15-39-43(23-29)70-44-24-30(14-16-40(44)50(39)38-10-4-3-9-37(38)49(69)71-50)48-46(28(2)42-12-6-8-18-68(42)48)32-21-35(53(61,62)63)26-36(22-32)54(64,65)66/h3-26H,1-2H3. The number of hydrogen-bond donors (Lipinski definition) is 0. The van der Waals surface area contributed by atoms with Crippen LogP contribution < -0.4 is 4.74 Å². The molecule has 0 saturated carbocycles. The molecule has 0 saturated heterocycles. The maximum atomic E-state index is 14.3. The Morgan fingerprint density at radius 2 is 0.831 bits per heavy atom. The zero-order chi connectivity index (χ0) is 50.3. The van der Waals surface area contributed by atoms with Gasteiger partial charge in [-0.05, 0) is 127 Å². The van der Waals surface area contributed by atoms with Crippen LogP contribution in [0, 0.1) is 13.8 Å². The van der Waals surface area contributed by atoms with Crippen molar-refractivity contribution in [2.75, 3.05) is 0 Å². The minimum Gasteiger partial charge on any atom is -0.456 e. The Balaban J connectivity index is 1.16. The lowest BCUT2D eigenvalue weighted by Crippen LogP contribution is -2.33. The highest BCUT2D eigenvalue weighted by Crippen LogP contribution is 2.58. The molecule has 5 nitrogen and oxygen atoms in total. The summed E-state index contributed by atoms with van der Waals surface area (Å²) in [4.78, 5) is 13.8. The Kier molecular flexibility index (Phi) is 9.79. The summed E-state index contributed by atoms with van der Waals surface area (Å²) in [5, 5.41) is 0. The fourth-order valence-corrected chi connectivity index (χ4v) is 10.2. The lowest BCUT2D eigenvalue weighted by Gasteiger charge is -2.37. The van der Waals surface area contributed by atoms with Gasteiger partial charge in [0.1, 0.15) is 11.5 Å². The Hall–Kier alpha value is -7.95. The molecule has 0 atom stereocenters. The minimum absolute atomic E-state index is 0.0373. The normalized spacial score (nSPS) is 14.4. The molecule has 0 radical (unpaired) electrons. The molecule has 6 heterocycles. The molecular weight excluding hydrogens is 953 g/mol. The van der Waals surface area contributed by atoms with Crippen molar-refractivity contribution in [2.45, 2.75) is 44.2 Å². The number of esters is 1. The summed E-state index contributed by atoms with van der Waals surface area (Å²) in [7, 11) is 0. The molecule has 17 heteroatoms. The molecule has 358 valence electrons. The fourth-order valence-electron chi connectivity index (χ4n) is 10.2. The average molecular weight is 983 g/mol. The van der Waals surface area contributed by atoms with E-state index in [1.165, 1.54) is 12.1 Å². The number of halogens is 12. The predicted molar refractivity (Wildman–Crippen MR) is 238 cm³/mol. The average Bonchev–Trinajstić information content (AvgIpc) is 3.91. The molecule has 9 aromatic rings. The summed E-state index contributed by atoms with van der Waals surface area (Å²) in [6.07, 6.45) is -17.4. The maximum absolute atomic E-state index is 14.3. The van der Waals surface area contributed by atoms with Gasteiger partial charge in [0.2, 0.25) is 0 Å². The van der Waals surface area contributed by atoms with Crippen LogP contribution in [0.1, 0.15) is 60.4 Å². The summed E-state index contributed by atoms with van der Waals surface area (Å²) >= 11 is 0. The number of carbonyl (C=O) groups is 1. The van der Waals surface area contributed by atoms with Gasteiger partial charge >= 0.3 is 30.7 Å². The van der Waals surface area contributed by atoms with Gasteiger partial charge in [0, 0.05) is 62.4 Å². The number of rotatable bonds is 4. The number of fused-ring (bicyclic) bond motifs is 8. The van der Waals surface area contributed by atoms with E-state index >= 15 is 0 Å². The van der Waals surface area contributed by atoms with E-state index in [-0.39, 0.29) is 85.1 Å². The van der Waals surface area contributed by atoms with Crippen LogP contribution in [0.3, 0.4) is 0 Å². The molecule has 71 heavy (non-hydrogen) atoms. The molecule has 0 fully saturated rings. The second kappa shape index (κ2) is 15.3. The number of alkyl halides is 12. The van der Waals surface area contributed by atoms with E-state index in [1.54, 1.807) is 120 Å². The second-order valence-corrected chi connectivity index (χ2v) is 17.3. The van der Waals surface area contributed by atoms with E-state index in [9.17, 15) is 57.5 Å². The third kappa shape index (κ3) is 7.06. The van der Waals surface area contributed by atoms with Crippen molar-refractivity contribution in [3.63, 3.8) is 0 Å². The van der Waals surface area contributed by atoms with Gasteiger partial charge in [0.05, 0.1) is 39.2 Å². The number of hydrogen-bond acceptors (Lipinski definition) is 3. The Morgan fingerprint density at radius 3 is 1.24 bits per heavy atom. The Bertz CT molecular complexity index is 3450. The lowest BCUT2D eigenvalue weighted by atomic mass is 9.77. The van der Waals surface area contributed by atoms with E-state index in [0.29, 0.717) is 52.0 Å². The van der Waals surface area contributed by atoms with Gasteiger partial charge in [0.25, 0.3) is 0 Å². The molecule has 1 spiro atoms. The molecule has 5 aromatic carbocycles. The third-order valence-corrected chi connectivity index (χ3v) is 13.2. The number of benzene rings is 5. The Morgan fingerprint density at radius 1 is 0.437 bits per heavy atom. The first-order valence-corrected chi connectivity index (χ1v) is 21.5. The van der Waals surface area contributed by atoms with E-state index in [2.05, 4.69) is 0 Å². The van der Waals surface area contributed by atoms with Crippen LogP contribution in [0.4, 0.5) is 52.7 Å². The van der Waals surface area contributed by atoms with Gasteiger partial charge in [0.15, 0.2) is 5.60 Å². The van der Waals surface area contributed by atoms with Crippen molar-refractivity contribution in [3.05, 3.63) is 201 Å². The van der Waals surface area contributed by atoms with Crippen molar-refractivity contribution >= 4 is 17.0 Å². The molecule has 0 amide bonds. The number of nitrogens with zero attached hydrogens (tertiary/aromatic N) is 2. The monoisotopic (exact) mass is 982 g/mol. The van der Waals surface area contributed by atoms with Gasteiger partial charge in [-0.15, -0.1) is 0 Å². The van der Waals surface area contributed by atoms with E-state index in [0.717, 1.165) is 0 Å². The van der Waals surface area contributed by atoms with Crippen molar-refractivity contribution < 1.29 is 67.0 Å². The third-order valence-electron chi connectivity index (χ3n) is 13.2. The SMILES string of the molecule is Cc1c(-c2cc(C(F)(F)F)cc(C(F)(F)F)c2)c(-c2ccc3c(c2)Oc2cc(-c4c(-c5cc(C(F)(F)F)cc(C(F)(F)F)c5)c(C)c5ccccn45)ccc2C32OC(=O)c3ccccc32)n2ccccc12. The first-order valence-electron chi connectivity index (χ1n) is 21.5. The van der Waals surface area contributed by atoms with Gasteiger partial charge in [-0.1, -0.05) is 42.5 Å². The minimum atomic E-state index is -5.15. The van der Waals surface area contributed by atoms with E-state index in [4.69, 9.17) is 9.47 Å². The zero-order valence-corrected chi connectivity index (χ0v) is 36.5. The van der Waals surface area contributed by atoms with Gasteiger partial charge in [-0.25, -0.2) is 4.79 Å². The van der Waals surface area contributed by atoms with Crippen molar-refractivity contribution in [3.8, 4) is 56.3 Å². The second-order valence-electron chi connectivity index (χ2n) is 17.3. The molecule has 0 N–H and O–H groups in total. The van der Waals surface area contributed by atoms with Gasteiger partial charge in [-0.2, -0.15) is 52.7 Å². The van der Waals surface area contributed by atoms with Crippen molar-refractivity contribution in [1.29, 1.82) is 0 Å². The maximum Gasteiger partial charge on any atom is 0.416 e. The largest absolute Gasteiger partial charge is 0.456 e.